The van der Waals surface area contributed by atoms with Crippen molar-refractivity contribution in [1.82, 2.24) is 4.90 Å². The van der Waals surface area contributed by atoms with Crippen molar-refractivity contribution in [3.8, 4) is 0 Å². The molecule has 2 atom stereocenters. The third kappa shape index (κ3) is 1.36. The van der Waals surface area contributed by atoms with Gasteiger partial charge in [0, 0.05) is 5.75 Å². The summed E-state index contributed by atoms with van der Waals surface area (Å²) in [6.07, 6.45) is 0.653. The van der Waals surface area contributed by atoms with Crippen LogP contribution in [0.1, 0.15) is 13.3 Å². The maximum absolute atomic E-state index is 11.5. The van der Waals surface area contributed by atoms with Gasteiger partial charge in [0.2, 0.25) is 5.91 Å². The smallest absolute Gasteiger partial charge is 0.352 e. The summed E-state index contributed by atoms with van der Waals surface area (Å²) in [6, 6.07) is -0.539. The van der Waals surface area contributed by atoms with Crippen molar-refractivity contribution >= 4 is 23.6 Å². The minimum Gasteiger partial charge on any atom is -0.477 e. The first kappa shape index (κ1) is 10.5. The van der Waals surface area contributed by atoms with Crippen LogP contribution in [0.2, 0.25) is 0 Å². The van der Waals surface area contributed by atoms with Gasteiger partial charge in [0.25, 0.3) is 0 Å². The highest BCUT2D eigenvalue weighted by Gasteiger charge is 2.51. The molecule has 0 spiro atoms. The van der Waals surface area contributed by atoms with E-state index in [1.165, 1.54) is 16.7 Å². The fourth-order valence-corrected chi connectivity index (χ4v) is 3.25. The van der Waals surface area contributed by atoms with Gasteiger partial charge in [-0.15, -0.1) is 11.8 Å². The van der Waals surface area contributed by atoms with Gasteiger partial charge >= 0.3 is 5.97 Å². The first-order chi connectivity index (χ1) is 7.07. The van der Waals surface area contributed by atoms with E-state index in [0.29, 0.717) is 12.2 Å². The lowest BCUT2D eigenvalue weighted by molar-refractivity contribution is -0.148. The SMILES string of the molecule is CCC1=C(C(=O)O)N2C(=O)[C@H](N)[C@H]2SC1. The molecule has 0 aromatic carbocycles. The molecule has 0 saturated carbocycles. The van der Waals surface area contributed by atoms with E-state index in [0.717, 1.165) is 5.57 Å². The summed E-state index contributed by atoms with van der Waals surface area (Å²) < 4.78 is 0. The highest BCUT2D eigenvalue weighted by molar-refractivity contribution is 8.00. The standard InChI is InChI=1S/C9H12N2O3S/c1-2-4-3-15-8-5(10)7(12)11(8)6(4)9(13)14/h5,8H,2-3,10H2,1H3,(H,13,14)/t5-,8+/m0/s1. The van der Waals surface area contributed by atoms with Crippen molar-refractivity contribution in [3.63, 3.8) is 0 Å². The number of aliphatic carboxylic acids is 1. The molecule has 15 heavy (non-hydrogen) atoms. The van der Waals surface area contributed by atoms with E-state index in [9.17, 15) is 9.59 Å². The number of hydrogen-bond acceptors (Lipinski definition) is 4. The van der Waals surface area contributed by atoms with Crippen LogP contribution in [0.4, 0.5) is 0 Å². The van der Waals surface area contributed by atoms with Crippen LogP contribution in [0.5, 0.6) is 0 Å². The van der Waals surface area contributed by atoms with Crippen molar-refractivity contribution in [3.05, 3.63) is 11.3 Å². The zero-order chi connectivity index (χ0) is 11.2. The van der Waals surface area contributed by atoms with Crippen LogP contribution in [-0.4, -0.2) is 39.1 Å². The van der Waals surface area contributed by atoms with Gasteiger partial charge in [0.1, 0.15) is 17.1 Å². The largest absolute Gasteiger partial charge is 0.477 e. The summed E-state index contributed by atoms with van der Waals surface area (Å²) in [5.74, 6) is -0.659. The lowest BCUT2D eigenvalue weighted by Crippen LogP contribution is -2.68. The fourth-order valence-electron chi connectivity index (χ4n) is 1.85. The number of thioether (sulfide) groups is 1. The minimum atomic E-state index is -1.03. The molecule has 3 N–H and O–H groups in total. The van der Waals surface area contributed by atoms with Crippen LogP contribution in [0.3, 0.4) is 0 Å². The molecule has 0 aromatic rings. The molecule has 0 radical (unpaired) electrons. The van der Waals surface area contributed by atoms with Crippen LogP contribution in [0.25, 0.3) is 0 Å². The first-order valence-corrected chi connectivity index (χ1v) is 5.78. The average molecular weight is 228 g/mol. The monoisotopic (exact) mass is 228 g/mol. The molecule has 2 aliphatic heterocycles. The summed E-state index contributed by atoms with van der Waals surface area (Å²) in [5, 5.41) is 8.88. The fraction of sp³-hybridized carbons (Fsp3) is 0.556. The second-order valence-corrected chi connectivity index (χ2v) is 4.65. The molecule has 82 valence electrons. The number of carbonyl (C=O) groups excluding carboxylic acids is 1. The maximum Gasteiger partial charge on any atom is 0.352 e. The Balaban J connectivity index is 2.38. The highest BCUT2D eigenvalue weighted by atomic mass is 32.2. The molecule has 0 aromatic heterocycles. The number of β-lactam (4-membered cyclic amide) rings is 1. The van der Waals surface area contributed by atoms with E-state index < -0.39 is 12.0 Å². The van der Waals surface area contributed by atoms with Gasteiger partial charge < -0.3 is 10.8 Å². The van der Waals surface area contributed by atoms with Crippen molar-refractivity contribution in [1.29, 1.82) is 0 Å². The second kappa shape index (κ2) is 3.53. The molecule has 5 nitrogen and oxygen atoms in total. The summed E-state index contributed by atoms with van der Waals surface area (Å²) in [7, 11) is 0. The lowest BCUT2D eigenvalue weighted by Gasteiger charge is -2.48. The van der Waals surface area contributed by atoms with Crippen LogP contribution < -0.4 is 5.73 Å². The number of nitrogens with two attached hydrogens (primary N) is 1. The number of hydrogen-bond donors (Lipinski definition) is 2. The normalized spacial score (nSPS) is 30.0. The quantitative estimate of drug-likeness (QED) is 0.649. The molecule has 2 heterocycles. The zero-order valence-corrected chi connectivity index (χ0v) is 9.08. The third-order valence-corrected chi connectivity index (χ3v) is 4.08. The molecule has 1 fully saturated rings. The van der Waals surface area contributed by atoms with Crippen molar-refractivity contribution in [2.45, 2.75) is 24.8 Å². The molecular weight excluding hydrogens is 216 g/mol. The molecule has 2 aliphatic rings. The number of carbonyl (C=O) groups is 2. The van der Waals surface area contributed by atoms with Gasteiger partial charge in [0.15, 0.2) is 0 Å². The third-order valence-electron chi connectivity index (χ3n) is 2.72. The highest BCUT2D eigenvalue weighted by Crippen LogP contribution is 2.39. The molecule has 0 unspecified atom stereocenters. The van der Waals surface area contributed by atoms with E-state index in [1.807, 2.05) is 6.92 Å². The Morgan fingerprint density at radius 3 is 2.93 bits per heavy atom. The number of nitrogens with zero attached hydrogens (tertiary/aromatic N) is 1. The van der Waals surface area contributed by atoms with Crippen LogP contribution >= 0.6 is 11.8 Å². The molecule has 2 rings (SSSR count). The zero-order valence-electron chi connectivity index (χ0n) is 8.27. The predicted octanol–water partition coefficient (Wildman–Crippen LogP) is -0.0225. The van der Waals surface area contributed by atoms with E-state index in [1.54, 1.807) is 0 Å². The van der Waals surface area contributed by atoms with E-state index >= 15 is 0 Å². The Morgan fingerprint density at radius 2 is 2.40 bits per heavy atom. The summed E-state index contributed by atoms with van der Waals surface area (Å²) in [6.45, 7) is 1.89. The molecule has 1 saturated heterocycles. The lowest BCUT2D eigenvalue weighted by atomic mass is 10.0. The Kier molecular flexibility index (Phi) is 2.47. The molecule has 1 amide bonds. The predicted molar refractivity (Wildman–Crippen MR) is 56.0 cm³/mol. The van der Waals surface area contributed by atoms with Gasteiger partial charge in [0.05, 0.1) is 0 Å². The molecular formula is C9H12N2O3S. The van der Waals surface area contributed by atoms with Crippen molar-refractivity contribution in [2.75, 3.05) is 5.75 Å². The Bertz CT molecular complexity index is 366. The maximum atomic E-state index is 11.5. The Labute approximate surface area is 91.3 Å². The van der Waals surface area contributed by atoms with E-state index in [2.05, 4.69) is 0 Å². The number of amides is 1. The van der Waals surface area contributed by atoms with Gasteiger partial charge in [-0.1, -0.05) is 6.92 Å². The van der Waals surface area contributed by atoms with Gasteiger partial charge in [-0.2, -0.15) is 0 Å². The summed E-state index contributed by atoms with van der Waals surface area (Å²) in [4.78, 5) is 23.8. The molecule has 0 bridgehead atoms. The number of carboxylic acids is 1. The first-order valence-electron chi connectivity index (χ1n) is 4.73. The number of rotatable bonds is 2. The summed E-state index contributed by atoms with van der Waals surface area (Å²) in [5.41, 5.74) is 6.55. The van der Waals surface area contributed by atoms with E-state index in [4.69, 9.17) is 10.8 Å². The van der Waals surface area contributed by atoms with Crippen LogP contribution in [0, 0.1) is 0 Å². The van der Waals surface area contributed by atoms with Crippen molar-refractivity contribution < 1.29 is 14.7 Å². The number of carboxylic acid groups (broad SMARTS) is 1. The average Bonchev–Trinajstić information content (AvgIpc) is 2.25. The Hall–Kier alpha value is -1.01. The van der Waals surface area contributed by atoms with Crippen molar-refractivity contribution in [2.24, 2.45) is 5.73 Å². The van der Waals surface area contributed by atoms with Crippen LogP contribution in [0.15, 0.2) is 11.3 Å². The molecule has 0 aliphatic carbocycles. The van der Waals surface area contributed by atoms with Gasteiger partial charge in [-0.25, -0.2) is 4.79 Å². The second-order valence-electron chi connectivity index (χ2n) is 3.55. The van der Waals surface area contributed by atoms with Gasteiger partial charge in [-0.3, -0.25) is 9.69 Å². The Morgan fingerprint density at radius 1 is 1.73 bits per heavy atom. The topological polar surface area (TPSA) is 83.6 Å². The molecule has 6 heteroatoms. The minimum absolute atomic E-state index is 0.146. The summed E-state index contributed by atoms with van der Waals surface area (Å²) >= 11 is 1.54. The van der Waals surface area contributed by atoms with E-state index in [-0.39, 0.29) is 17.0 Å². The number of fused-ring (bicyclic) bond motifs is 1. The van der Waals surface area contributed by atoms with Crippen LogP contribution in [-0.2, 0) is 9.59 Å². The van der Waals surface area contributed by atoms with Gasteiger partial charge in [-0.05, 0) is 12.0 Å².